The van der Waals surface area contributed by atoms with E-state index in [1.54, 1.807) is 23.1 Å². The third-order valence-electron chi connectivity index (χ3n) is 7.11. The SMILES string of the molecule is CC(C)(C)c1ccc(CC(=O)N2Cc3ccc(S(=O)(=O)Nc4ccc(OCC5CC5)cc4F)cc3C2)cc1. The molecular formula is C30H33FN2O4S. The van der Waals surface area contributed by atoms with E-state index >= 15 is 0 Å². The Morgan fingerprint density at radius 1 is 1.00 bits per heavy atom. The molecule has 0 radical (unpaired) electrons. The lowest BCUT2D eigenvalue weighted by Crippen LogP contribution is -2.26. The predicted molar refractivity (Wildman–Crippen MR) is 145 cm³/mol. The van der Waals surface area contributed by atoms with Crippen LogP contribution in [0.2, 0.25) is 0 Å². The first-order valence-corrected chi connectivity index (χ1v) is 14.4. The first-order chi connectivity index (χ1) is 18.0. The minimum atomic E-state index is -4.02. The Morgan fingerprint density at radius 2 is 1.71 bits per heavy atom. The monoisotopic (exact) mass is 536 g/mol. The van der Waals surface area contributed by atoms with Gasteiger partial charge in [-0.15, -0.1) is 0 Å². The standard InChI is InChI=1S/C30H33FN2O4S/c1-30(2,3)24-9-6-20(7-10-24)14-29(34)33-17-22-8-12-26(15-23(22)18-33)38(35,36)32-28-13-11-25(16-27(28)31)37-19-21-4-5-21/h6-13,15-16,21,32H,4-5,14,17-19H2,1-3H3. The molecule has 2 aliphatic rings. The highest BCUT2D eigenvalue weighted by atomic mass is 32.2. The van der Waals surface area contributed by atoms with Gasteiger partial charge >= 0.3 is 0 Å². The summed E-state index contributed by atoms with van der Waals surface area (Å²) in [6.45, 7) is 7.75. The number of hydrogen-bond donors (Lipinski definition) is 1. The summed E-state index contributed by atoms with van der Waals surface area (Å²) < 4.78 is 48.6. The van der Waals surface area contributed by atoms with Gasteiger partial charge in [0.05, 0.1) is 23.6 Å². The zero-order chi connectivity index (χ0) is 27.1. The summed E-state index contributed by atoms with van der Waals surface area (Å²) in [6.07, 6.45) is 2.53. The van der Waals surface area contributed by atoms with Crippen LogP contribution < -0.4 is 9.46 Å². The number of hydrogen-bond acceptors (Lipinski definition) is 4. The third kappa shape index (κ3) is 6.01. The molecule has 0 saturated heterocycles. The highest BCUT2D eigenvalue weighted by molar-refractivity contribution is 7.92. The zero-order valence-electron chi connectivity index (χ0n) is 22.0. The molecule has 1 aliphatic heterocycles. The van der Waals surface area contributed by atoms with Crippen LogP contribution in [0.25, 0.3) is 0 Å². The smallest absolute Gasteiger partial charge is 0.261 e. The van der Waals surface area contributed by atoms with E-state index in [2.05, 4.69) is 37.6 Å². The van der Waals surface area contributed by atoms with Gasteiger partial charge in [0.15, 0.2) is 5.82 Å². The summed E-state index contributed by atoms with van der Waals surface area (Å²) in [6, 6.07) is 17.0. The molecule has 1 aliphatic carbocycles. The Kier molecular flexibility index (Phi) is 6.94. The van der Waals surface area contributed by atoms with Crippen LogP contribution in [0.1, 0.15) is 55.9 Å². The molecule has 8 heteroatoms. The van der Waals surface area contributed by atoms with Crippen molar-refractivity contribution in [2.45, 2.75) is 63.4 Å². The fourth-order valence-electron chi connectivity index (χ4n) is 4.49. The van der Waals surface area contributed by atoms with Crippen molar-refractivity contribution >= 4 is 21.6 Å². The maximum atomic E-state index is 14.6. The third-order valence-corrected chi connectivity index (χ3v) is 8.47. The summed E-state index contributed by atoms with van der Waals surface area (Å²) in [7, 11) is -4.02. The molecule has 1 amide bonds. The number of nitrogens with one attached hydrogen (secondary N) is 1. The number of ether oxygens (including phenoxy) is 1. The molecule has 200 valence electrons. The molecule has 3 aromatic carbocycles. The van der Waals surface area contributed by atoms with Crippen LogP contribution in [0.5, 0.6) is 5.75 Å². The van der Waals surface area contributed by atoms with Crippen LogP contribution in [0, 0.1) is 11.7 Å². The average Bonchev–Trinajstić information content (AvgIpc) is 3.59. The molecule has 0 aromatic heterocycles. The summed E-state index contributed by atoms with van der Waals surface area (Å²) in [5, 5.41) is 0. The molecule has 1 saturated carbocycles. The van der Waals surface area contributed by atoms with Crippen LogP contribution in [0.4, 0.5) is 10.1 Å². The topological polar surface area (TPSA) is 75.7 Å². The molecule has 38 heavy (non-hydrogen) atoms. The minimum Gasteiger partial charge on any atom is -0.493 e. The summed E-state index contributed by atoms with van der Waals surface area (Å²) in [5.74, 6) is 0.195. The Hall–Kier alpha value is -3.39. The van der Waals surface area contributed by atoms with Gasteiger partial charge in [0.1, 0.15) is 5.75 Å². The van der Waals surface area contributed by atoms with Gasteiger partial charge in [-0.3, -0.25) is 9.52 Å². The largest absolute Gasteiger partial charge is 0.493 e. The second kappa shape index (κ2) is 10.1. The Bertz CT molecular complexity index is 1460. The summed E-state index contributed by atoms with van der Waals surface area (Å²) in [5.41, 5.74) is 3.74. The molecular weight excluding hydrogens is 503 g/mol. The second-order valence-electron chi connectivity index (χ2n) is 11.3. The van der Waals surface area contributed by atoms with Gasteiger partial charge in [-0.1, -0.05) is 51.1 Å². The number of carbonyl (C=O) groups excluding carboxylic acids is 1. The van der Waals surface area contributed by atoms with E-state index in [1.165, 1.54) is 23.8 Å². The molecule has 1 fully saturated rings. The lowest BCUT2D eigenvalue weighted by molar-refractivity contribution is -0.131. The molecule has 5 rings (SSSR count). The average molecular weight is 537 g/mol. The number of sulfonamides is 1. The van der Waals surface area contributed by atoms with Gasteiger partial charge in [-0.25, -0.2) is 12.8 Å². The van der Waals surface area contributed by atoms with E-state index in [0.29, 0.717) is 31.4 Å². The Balaban J connectivity index is 1.23. The van der Waals surface area contributed by atoms with E-state index in [-0.39, 0.29) is 28.3 Å². The fraction of sp³-hybridized carbons (Fsp3) is 0.367. The second-order valence-corrected chi connectivity index (χ2v) is 13.0. The van der Waals surface area contributed by atoms with Gasteiger partial charge in [0.2, 0.25) is 5.91 Å². The van der Waals surface area contributed by atoms with Crippen LogP contribution >= 0.6 is 0 Å². The highest BCUT2D eigenvalue weighted by Gasteiger charge is 2.27. The fourth-order valence-corrected chi connectivity index (χ4v) is 5.61. The molecule has 3 aromatic rings. The maximum Gasteiger partial charge on any atom is 0.261 e. The van der Waals surface area contributed by atoms with E-state index in [0.717, 1.165) is 29.5 Å². The van der Waals surface area contributed by atoms with Gasteiger partial charge in [-0.2, -0.15) is 0 Å². The van der Waals surface area contributed by atoms with Crippen molar-refractivity contribution < 1.29 is 22.3 Å². The minimum absolute atomic E-state index is 0.0155. The van der Waals surface area contributed by atoms with Crippen LogP contribution in [0.15, 0.2) is 65.6 Å². The van der Waals surface area contributed by atoms with Gasteiger partial charge in [0, 0.05) is 19.2 Å². The molecule has 0 atom stereocenters. The van der Waals surface area contributed by atoms with Crippen molar-refractivity contribution in [2.24, 2.45) is 5.92 Å². The number of anilines is 1. The maximum absolute atomic E-state index is 14.6. The Labute approximate surface area is 223 Å². The van der Waals surface area contributed by atoms with Crippen LogP contribution in [-0.2, 0) is 39.7 Å². The normalized spacial score (nSPS) is 15.3. The van der Waals surface area contributed by atoms with E-state index < -0.39 is 15.8 Å². The number of rotatable bonds is 8. The van der Waals surface area contributed by atoms with E-state index in [1.807, 2.05) is 12.1 Å². The van der Waals surface area contributed by atoms with Crippen LogP contribution in [0.3, 0.4) is 0 Å². The molecule has 1 heterocycles. The quantitative estimate of drug-likeness (QED) is 0.395. The van der Waals surface area contributed by atoms with E-state index in [9.17, 15) is 17.6 Å². The Morgan fingerprint density at radius 3 is 2.37 bits per heavy atom. The van der Waals surface area contributed by atoms with Crippen molar-refractivity contribution in [1.82, 2.24) is 4.90 Å². The number of nitrogens with zero attached hydrogens (tertiary/aromatic N) is 1. The molecule has 0 spiro atoms. The number of halogens is 1. The van der Waals surface area contributed by atoms with Crippen LogP contribution in [-0.4, -0.2) is 25.8 Å². The first kappa shape index (κ1) is 26.2. The number of carbonyl (C=O) groups is 1. The van der Waals surface area contributed by atoms with Gasteiger partial charge in [0.25, 0.3) is 10.0 Å². The number of amides is 1. The summed E-state index contributed by atoms with van der Waals surface area (Å²) in [4.78, 5) is 14.7. The van der Waals surface area contributed by atoms with Crippen molar-refractivity contribution in [3.05, 3.63) is 88.7 Å². The predicted octanol–water partition coefficient (Wildman–Crippen LogP) is 5.80. The molecule has 1 N–H and O–H groups in total. The van der Waals surface area contributed by atoms with Gasteiger partial charge in [-0.05, 0) is 70.7 Å². The number of benzene rings is 3. The van der Waals surface area contributed by atoms with E-state index in [4.69, 9.17) is 4.74 Å². The van der Waals surface area contributed by atoms with Crippen molar-refractivity contribution in [1.29, 1.82) is 0 Å². The molecule has 0 bridgehead atoms. The van der Waals surface area contributed by atoms with Gasteiger partial charge < -0.3 is 9.64 Å². The summed E-state index contributed by atoms with van der Waals surface area (Å²) >= 11 is 0. The lowest BCUT2D eigenvalue weighted by Gasteiger charge is -2.19. The lowest BCUT2D eigenvalue weighted by atomic mass is 9.86. The zero-order valence-corrected chi connectivity index (χ0v) is 22.8. The first-order valence-electron chi connectivity index (χ1n) is 12.9. The van der Waals surface area contributed by atoms with Crippen molar-refractivity contribution in [3.8, 4) is 5.75 Å². The number of fused-ring (bicyclic) bond motifs is 1. The highest BCUT2D eigenvalue weighted by Crippen LogP contribution is 2.31. The molecule has 6 nitrogen and oxygen atoms in total. The van der Waals surface area contributed by atoms with Crippen molar-refractivity contribution in [3.63, 3.8) is 0 Å². The molecule has 0 unspecified atom stereocenters. The van der Waals surface area contributed by atoms with Crippen molar-refractivity contribution in [2.75, 3.05) is 11.3 Å².